The van der Waals surface area contributed by atoms with Crippen LogP contribution in [0.25, 0.3) is 0 Å². The number of sulfone groups is 1. The topological polar surface area (TPSA) is 91.3 Å². The third kappa shape index (κ3) is 3.91. The fraction of sp³-hybridized carbons (Fsp3) is 0.455. The van der Waals surface area contributed by atoms with Gasteiger partial charge in [0.15, 0.2) is 22.4 Å². The van der Waals surface area contributed by atoms with E-state index >= 15 is 0 Å². The standard InChI is InChI=1S/C22H26O7S/c1-14-8-10-16(11-9-14)30(24,25)20-17(12-23)19-18(28-22(20)26-2)13-27-21(29-19)15-6-4-3-5-7-15/h3-11,17-23H,12-13H2,1-2H3/t17-,18-,19+,20+,21?,22+/m1/s1. The number of methoxy groups -OCH3 is 1. The van der Waals surface area contributed by atoms with Crippen molar-refractivity contribution >= 4 is 9.84 Å². The zero-order valence-corrected chi connectivity index (χ0v) is 17.7. The number of fused-ring (bicyclic) bond motifs is 1. The van der Waals surface area contributed by atoms with Crippen LogP contribution in [0, 0.1) is 12.8 Å². The van der Waals surface area contributed by atoms with Crippen molar-refractivity contribution in [1.82, 2.24) is 0 Å². The molecule has 0 saturated carbocycles. The van der Waals surface area contributed by atoms with Crippen molar-refractivity contribution < 1.29 is 32.5 Å². The number of hydrogen-bond donors (Lipinski definition) is 1. The second kappa shape index (κ2) is 8.74. The first-order valence-corrected chi connectivity index (χ1v) is 11.4. The Morgan fingerprint density at radius 3 is 2.40 bits per heavy atom. The first kappa shape index (κ1) is 21.4. The largest absolute Gasteiger partial charge is 0.396 e. The first-order valence-electron chi connectivity index (χ1n) is 9.87. The average Bonchev–Trinajstić information content (AvgIpc) is 2.78. The molecule has 2 fully saturated rings. The highest BCUT2D eigenvalue weighted by Crippen LogP contribution is 2.40. The molecule has 7 nitrogen and oxygen atoms in total. The number of rotatable bonds is 5. The van der Waals surface area contributed by atoms with Crippen LogP contribution in [0.5, 0.6) is 0 Å². The lowest BCUT2D eigenvalue weighted by atomic mass is 9.90. The highest BCUT2D eigenvalue weighted by Gasteiger charge is 2.54. The summed E-state index contributed by atoms with van der Waals surface area (Å²) in [5, 5.41) is 9.11. The minimum absolute atomic E-state index is 0.160. The van der Waals surface area contributed by atoms with Gasteiger partial charge in [-0.3, -0.25) is 0 Å². The summed E-state index contributed by atoms with van der Waals surface area (Å²) in [7, 11) is -2.47. The summed E-state index contributed by atoms with van der Waals surface area (Å²) in [5.74, 6) is -0.741. The third-order valence-corrected chi connectivity index (χ3v) is 7.92. The second-order valence-corrected chi connectivity index (χ2v) is 9.73. The summed E-state index contributed by atoms with van der Waals surface area (Å²) in [6.45, 7) is 1.71. The van der Waals surface area contributed by atoms with Gasteiger partial charge in [0.1, 0.15) is 11.4 Å². The van der Waals surface area contributed by atoms with Gasteiger partial charge in [-0.2, -0.15) is 0 Å². The van der Waals surface area contributed by atoms with E-state index in [2.05, 4.69) is 0 Å². The summed E-state index contributed by atoms with van der Waals surface area (Å²) in [6.07, 6.45) is -2.91. The average molecular weight is 435 g/mol. The van der Waals surface area contributed by atoms with Crippen molar-refractivity contribution in [2.24, 2.45) is 5.92 Å². The number of aliphatic hydroxyl groups is 1. The predicted octanol–water partition coefficient (Wildman–Crippen LogP) is 2.23. The van der Waals surface area contributed by atoms with E-state index in [9.17, 15) is 13.5 Å². The molecule has 1 unspecified atom stereocenters. The van der Waals surface area contributed by atoms with Crippen molar-refractivity contribution in [3.63, 3.8) is 0 Å². The molecule has 2 aromatic carbocycles. The highest BCUT2D eigenvalue weighted by molar-refractivity contribution is 7.92. The van der Waals surface area contributed by atoms with Gasteiger partial charge in [0.05, 0.1) is 17.6 Å². The smallest absolute Gasteiger partial charge is 0.186 e. The normalized spacial score (nSPS) is 31.8. The van der Waals surface area contributed by atoms with Crippen LogP contribution < -0.4 is 0 Å². The lowest BCUT2D eigenvalue weighted by molar-refractivity contribution is -0.327. The van der Waals surface area contributed by atoms with Crippen LogP contribution >= 0.6 is 0 Å². The zero-order valence-electron chi connectivity index (χ0n) is 16.9. The molecule has 2 aromatic rings. The van der Waals surface area contributed by atoms with E-state index < -0.39 is 45.8 Å². The molecular formula is C22H26O7S. The minimum atomic E-state index is -3.86. The molecule has 0 radical (unpaired) electrons. The van der Waals surface area contributed by atoms with Crippen LogP contribution in [-0.2, 0) is 28.8 Å². The predicted molar refractivity (Wildman–Crippen MR) is 108 cm³/mol. The molecule has 162 valence electrons. The van der Waals surface area contributed by atoms with E-state index in [-0.39, 0.29) is 18.1 Å². The summed E-state index contributed by atoms with van der Waals surface area (Å²) in [5.41, 5.74) is 1.77. The van der Waals surface area contributed by atoms with E-state index in [0.29, 0.717) is 0 Å². The Morgan fingerprint density at radius 1 is 1.07 bits per heavy atom. The fourth-order valence-electron chi connectivity index (χ4n) is 4.12. The van der Waals surface area contributed by atoms with E-state index in [4.69, 9.17) is 18.9 Å². The monoisotopic (exact) mass is 434 g/mol. The quantitative estimate of drug-likeness (QED) is 0.772. The number of hydrogen-bond acceptors (Lipinski definition) is 7. The van der Waals surface area contributed by atoms with Crippen LogP contribution in [0.2, 0.25) is 0 Å². The van der Waals surface area contributed by atoms with Crippen molar-refractivity contribution in [2.45, 2.75) is 41.9 Å². The number of ether oxygens (including phenoxy) is 4. The molecule has 2 aliphatic heterocycles. The van der Waals surface area contributed by atoms with Gasteiger partial charge < -0.3 is 24.1 Å². The Balaban J connectivity index is 1.67. The van der Waals surface area contributed by atoms with E-state index in [1.54, 1.807) is 24.3 Å². The molecule has 6 atom stereocenters. The molecule has 0 amide bonds. The van der Waals surface area contributed by atoms with Crippen LogP contribution in [0.1, 0.15) is 17.4 Å². The Kier molecular flexibility index (Phi) is 6.24. The molecule has 2 saturated heterocycles. The molecule has 30 heavy (non-hydrogen) atoms. The van der Waals surface area contributed by atoms with Crippen LogP contribution in [0.3, 0.4) is 0 Å². The number of aliphatic hydroxyl groups excluding tert-OH is 1. The van der Waals surface area contributed by atoms with Gasteiger partial charge in [0.25, 0.3) is 0 Å². The Labute approximate surface area is 176 Å². The number of benzene rings is 2. The third-order valence-electron chi connectivity index (χ3n) is 5.70. The highest BCUT2D eigenvalue weighted by atomic mass is 32.2. The molecular weight excluding hydrogens is 408 g/mol. The summed E-state index contributed by atoms with van der Waals surface area (Å²) in [4.78, 5) is 0.160. The van der Waals surface area contributed by atoms with Gasteiger partial charge in [0.2, 0.25) is 0 Å². The van der Waals surface area contributed by atoms with Crippen LogP contribution in [0.4, 0.5) is 0 Å². The van der Waals surface area contributed by atoms with E-state index in [0.717, 1.165) is 11.1 Å². The lowest BCUT2D eigenvalue weighted by Gasteiger charge is -2.48. The maximum Gasteiger partial charge on any atom is 0.186 e. The maximum absolute atomic E-state index is 13.5. The summed E-state index contributed by atoms with van der Waals surface area (Å²) in [6, 6.07) is 16.0. The fourth-order valence-corrected chi connectivity index (χ4v) is 6.12. The van der Waals surface area contributed by atoms with Gasteiger partial charge in [-0.05, 0) is 19.1 Å². The summed E-state index contributed by atoms with van der Waals surface area (Å²) >= 11 is 0. The first-order chi connectivity index (χ1) is 14.5. The zero-order chi connectivity index (χ0) is 21.3. The molecule has 0 spiro atoms. The molecule has 0 aromatic heterocycles. The van der Waals surface area contributed by atoms with Crippen molar-refractivity contribution in [3.05, 3.63) is 65.7 Å². The molecule has 8 heteroatoms. The van der Waals surface area contributed by atoms with Gasteiger partial charge >= 0.3 is 0 Å². The van der Waals surface area contributed by atoms with E-state index in [1.807, 2.05) is 37.3 Å². The van der Waals surface area contributed by atoms with Gasteiger partial charge in [-0.15, -0.1) is 0 Å². The van der Waals surface area contributed by atoms with Crippen LogP contribution in [-0.4, -0.2) is 57.6 Å². The second-order valence-electron chi connectivity index (χ2n) is 7.62. The van der Waals surface area contributed by atoms with Crippen molar-refractivity contribution in [2.75, 3.05) is 20.3 Å². The molecule has 0 bridgehead atoms. The van der Waals surface area contributed by atoms with Gasteiger partial charge in [-0.1, -0.05) is 48.0 Å². The molecule has 2 heterocycles. The Hall–Kier alpha value is -1.81. The van der Waals surface area contributed by atoms with Crippen LogP contribution in [0.15, 0.2) is 59.5 Å². The number of aryl methyl sites for hydroxylation is 1. The van der Waals surface area contributed by atoms with Crippen molar-refractivity contribution in [3.8, 4) is 0 Å². The van der Waals surface area contributed by atoms with E-state index in [1.165, 1.54) is 7.11 Å². The lowest BCUT2D eigenvalue weighted by Crippen LogP contribution is -2.62. The SMILES string of the molecule is CO[C@H]1O[C@@H]2COC(c3ccccc3)O[C@H]2[C@@H](CO)[C@@H]1S(=O)(=O)c1ccc(C)cc1. The Bertz CT molecular complexity index is 945. The van der Waals surface area contributed by atoms with Crippen molar-refractivity contribution in [1.29, 1.82) is 0 Å². The molecule has 1 N–H and O–H groups in total. The minimum Gasteiger partial charge on any atom is -0.396 e. The maximum atomic E-state index is 13.5. The molecule has 2 aliphatic rings. The molecule has 0 aliphatic carbocycles. The van der Waals surface area contributed by atoms with Gasteiger partial charge in [0, 0.05) is 25.2 Å². The Morgan fingerprint density at radius 2 is 1.77 bits per heavy atom. The summed E-state index contributed by atoms with van der Waals surface area (Å²) < 4.78 is 50.3. The van der Waals surface area contributed by atoms with Gasteiger partial charge in [-0.25, -0.2) is 8.42 Å². The molecule has 4 rings (SSSR count).